The van der Waals surface area contributed by atoms with Crippen molar-refractivity contribution in [3.8, 4) is 0 Å². The van der Waals surface area contributed by atoms with Crippen LogP contribution in [0.5, 0.6) is 0 Å². The fourth-order valence-corrected chi connectivity index (χ4v) is 4.06. The quantitative estimate of drug-likeness (QED) is 0.712. The smallest absolute Gasteiger partial charge is 0.261 e. The van der Waals surface area contributed by atoms with Gasteiger partial charge in [-0.15, -0.1) is 12.4 Å². The van der Waals surface area contributed by atoms with Gasteiger partial charge in [-0.1, -0.05) is 33.1 Å². The summed E-state index contributed by atoms with van der Waals surface area (Å²) in [7, 11) is 1.74. The third kappa shape index (κ3) is 4.81. The first-order valence-corrected chi connectivity index (χ1v) is 10.3. The summed E-state index contributed by atoms with van der Waals surface area (Å²) < 4.78 is 0. The lowest BCUT2D eigenvalue weighted by Crippen LogP contribution is -2.40. The Balaban J connectivity index is 0.00000300. The predicted molar refractivity (Wildman–Crippen MR) is 115 cm³/mol. The molecule has 1 aliphatic carbocycles. The first-order valence-electron chi connectivity index (χ1n) is 10.3. The van der Waals surface area contributed by atoms with E-state index in [1.165, 1.54) is 4.90 Å². The molecular weight excluding hydrogens is 390 g/mol. The third-order valence-electron chi connectivity index (χ3n) is 6.11. The van der Waals surface area contributed by atoms with E-state index in [-0.39, 0.29) is 42.2 Å². The van der Waals surface area contributed by atoms with E-state index in [4.69, 9.17) is 5.73 Å². The van der Waals surface area contributed by atoms with Gasteiger partial charge < -0.3 is 10.6 Å². The molecule has 1 atom stereocenters. The van der Waals surface area contributed by atoms with Crippen LogP contribution in [0.2, 0.25) is 0 Å². The molecule has 6 nitrogen and oxygen atoms in total. The van der Waals surface area contributed by atoms with Crippen molar-refractivity contribution in [2.45, 2.75) is 64.5 Å². The molecule has 0 radical (unpaired) electrons. The molecular formula is C22H32ClN3O3. The standard InChI is InChI=1S/C22H31N3O3.ClH/c1-14(2)19(23)11-12-24(3)20(26)15-9-10-17-18(13-15)22(28)25(21(17)27)16-7-5-4-6-8-16;/h9-10,13-14,16,19H,4-8,11-12,23H2,1-3H3;1H. The van der Waals surface area contributed by atoms with Crippen LogP contribution in [-0.4, -0.2) is 53.2 Å². The van der Waals surface area contributed by atoms with E-state index in [0.29, 0.717) is 29.2 Å². The molecule has 1 aromatic carbocycles. The molecule has 0 spiro atoms. The fourth-order valence-electron chi connectivity index (χ4n) is 4.06. The summed E-state index contributed by atoms with van der Waals surface area (Å²) in [4.78, 5) is 41.5. The molecule has 1 aliphatic heterocycles. The number of fused-ring (bicyclic) bond motifs is 1. The molecule has 1 aromatic rings. The Labute approximate surface area is 179 Å². The monoisotopic (exact) mass is 421 g/mol. The lowest BCUT2D eigenvalue weighted by molar-refractivity contribution is 0.0548. The van der Waals surface area contributed by atoms with Crippen molar-refractivity contribution in [1.82, 2.24) is 9.80 Å². The summed E-state index contributed by atoms with van der Waals surface area (Å²) >= 11 is 0. The lowest BCUT2D eigenvalue weighted by atomic mass is 9.94. The average molecular weight is 422 g/mol. The highest BCUT2D eigenvalue weighted by atomic mass is 35.5. The number of amides is 3. The van der Waals surface area contributed by atoms with E-state index in [9.17, 15) is 14.4 Å². The predicted octanol–water partition coefficient (Wildman–Crippen LogP) is 3.48. The molecule has 0 saturated heterocycles. The maximum Gasteiger partial charge on any atom is 0.261 e. The molecule has 160 valence electrons. The first kappa shape index (κ1) is 23.4. The van der Waals surface area contributed by atoms with Crippen LogP contribution in [0.4, 0.5) is 0 Å². The van der Waals surface area contributed by atoms with Gasteiger partial charge in [0.1, 0.15) is 0 Å². The van der Waals surface area contributed by atoms with Gasteiger partial charge >= 0.3 is 0 Å². The Kier molecular flexibility index (Phi) is 7.83. The second-order valence-corrected chi connectivity index (χ2v) is 8.46. The van der Waals surface area contributed by atoms with E-state index < -0.39 is 0 Å². The molecule has 1 heterocycles. The topological polar surface area (TPSA) is 83.7 Å². The maximum atomic E-state index is 12.9. The zero-order chi connectivity index (χ0) is 20.4. The average Bonchev–Trinajstić information content (AvgIpc) is 2.95. The van der Waals surface area contributed by atoms with Gasteiger partial charge in [0.05, 0.1) is 11.1 Å². The minimum absolute atomic E-state index is 0. The number of carbonyl (C=O) groups excluding carboxylic acids is 3. The van der Waals surface area contributed by atoms with Crippen molar-refractivity contribution in [3.63, 3.8) is 0 Å². The zero-order valence-corrected chi connectivity index (χ0v) is 18.3. The van der Waals surface area contributed by atoms with Gasteiger partial charge in [0.15, 0.2) is 0 Å². The van der Waals surface area contributed by atoms with Crippen LogP contribution >= 0.6 is 12.4 Å². The second kappa shape index (κ2) is 9.72. The van der Waals surface area contributed by atoms with Gasteiger partial charge in [0, 0.05) is 31.2 Å². The Morgan fingerprint density at radius 3 is 2.38 bits per heavy atom. The molecule has 3 rings (SSSR count). The van der Waals surface area contributed by atoms with Crippen LogP contribution in [-0.2, 0) is 0 Å². The summed E-state index contributed by atoms with van der Waals surface area (Å²) in [6, 6.07) is 4.88. The van der Waals surface area contributed by atoms with Crippen LogP contribution < -0.4 is 5.73 Å². The molecule has 0 aromatic heterocycles. The van der Waals surface area contributed by atoms with Crippen molar-refractivity contribution >= 4 is 30.1 Å². The van der Waals surface area contributed by atoms with Gasteiger partial charge in [0.25, 0.3) is 17.7 Å². The Morgan fingerprint density at radius 2 is 1.76 bits per heavy atom. The number of imide groups is 1. The summed E-state index contributed by atoms with van der Waals surface area (Å²) in [6.07, 6.45) is 5.71. The molecule has 1 saturated carbocycles. The number of benzene rings is 1. The number of rotatable bonds is 6. The largest absolute Gasteiger partial charge is 0.342 e. The van der Waals surface area contributed by atoms with Crippen LogP contribution in [0.15, 0.2) is 18.2 Å². The number of halogens is 1. The van der Waals surface area contributed by atoms with Gasteiger partial charge in [-0.25, -0.2) is 0 Å². The number of nitrogens with zero attached hydrogens (tertiary/aromatic N) is 2. The number of carbonyl (C=O) groups is 3. The fraction of sp³-hybridized carbons (Fsp3) is 0.591. The summed E-state index contributed by atoms with van der Waals surface area (Å²) in [6.45, 7) is 4.68. The maximum absolute atomic E-state index is 12.9. The molecule has 1 fully saturated rings. The van der Waals surface area contributed by atoms with Gasteiger partial charge in [-0.2, -0.15) is 0 Å². The number of nitrogens with two attached hydrogens (primary N) is 1. The van der Waals surface area contributed by atoms with Gasteiger partial charge in [0.2, 0.25) is 0 Å². The van der Waals surface area contributed by atoms with Crippen LogP contribution in [0.3, 0.4) is 0 Å². The van der Waals surface area contributed by atoms with Crippen molar-refractivity contribution in [3.05, 3.63) is 34.9 Å². The van der Waals surface area contributed by atoms with E-state index >= 15 is 0 Å². The van der Waals surface area contributed by atoms with E-state index in [2.05, 4.69) is 13.8 Å². The van der Waals surface area contributed by atoms with E-state index in [1.54, 1.807) is 30.1 Å². The molecule has 7 heteroatoms. The van der Waals surface area contributed by atoms with Crippen LogP contribution in [0.1, 0.15) is 83.4 Å². The minimum atomic E-state index is -0.258. The second-order valence-electron chi connectivity index (χ2n) is 8.46. The van der Waals surface area contributed by atoms with E-state index in [1.807, 2.05) is 0 Å². The molecule has 2 N–H and O–H groups in total. The van der Waals surface area contributed by atoms with Crippen LogP contribution in [0, 0.1) is 5.92 Å². The lowest BCUT2D eigenvalue weighted by Gasteiger charge is -2.29. The third-order valence-corrected chi connectivity index (χ3v) is 6.11. The summed E-state index contributed by atoms with van der Waals surface area (Å²) in [5.41, 5.74) is 7.28. The van der Waals surface area contributed by atoms with Crippen molar-refractivity contribution < 1.29 is 14.4 Å². The molecule has 1 unspecified atom stereocenters. The number of hydrogen-bond donors (Lipinski definition) is 1. The normalized spacial score (nSPS) is 17.9. The van der Waals surface area contributed by atoms with Crippen molar-refractivity contribution in [1.29, 1.82) is 0 Å². The molecule has 29 heavy (non-hydrogen) atoms. The highest BCUT2D eigenvalue weighted by Crippen LogP contribution is 2.31. The Hall–Kier alpha value is -1.92. The molecule has 2 aliphatic rings. The summed E-state index contributed by atoms with van der Waals surface area (Å²) in [5.74, 6) is -0.277. The Morgan fingerprint density at radius 1 is 1.14 bits per heavy atom. The SMILES string of the molecule is CC(C)C(N)CCN(C)C(=O)c1ccc2c(c1)C(=O)N(C1CCCCC1)C2=O.Cl. The van der Waals surface area contributed by atoms with Crippen LogP contribution in [0.25, 0.3) is 0 Å². The molecule has 0 bridgehead atoms. The number of hydrogen-bond acceptors (Lipinski definition) is 4. The minimum Gasteiger partial charge on any atom is -0.342 e. The highest BCUT2D eigenvalue weighted by Gasteiger charge is 2.40. The van der Waals surface area contributed by atoms with Gasteiger partial charge in [-0.05, 0) is 43.4 Å². The van der Waals surface area contributed by atoms with Crippen molar-refractivity contribution in [2.24, 2.45) is 11.7 Å². The first-order chi connectivity index (χ1) is 13.3. The Bertz CT molecular complexity index is 775. The van der Waals surface area contributed by atoms with E-state index in [0.717, 1.165) is 38.5 Å². The van der Waals surface area contributed by atoms with Gasteiger partial charge in [-0.3, -0.25) is 19.3 Å². The molecule has 3 amide bonds. The van der Waals surface area contributed by atoms with Crippen molar-refractivity contribution in [2.75, 3.05) is 13.6 Å². The highest BCUT2D eigenvalue weighted by molar-refractivity contribution is 6.22. The summed E-state index contributed by atoms with van der Waals surface area (Å²) in [5, 5.41) is 0. The zero-order valence-electron chi connectivity index (χ0n) is 17.5.